The maximum Gasteiger partial charge on any atom is 0.410 e. The number of amides is 2. The molecule has 32 heavy (non-hydrogen) atoms. The normalized spacial score (nSPS) is 13.6. The van der Waals surface area contributed by atoms with E-state index in [2.05, 4.69) is 20.4 Å². The summed E-state index contributed by atoms with van der Waals surface area (Å²) >= 11 is 7.28. The number of benzene rings is 1. The summed E-state index contributed by atoms with van der Waals surface area (Å²) in [4.78, 5) is 36.4. The fourth-order valence-electron chi connectivity index (χ4n) is 3.20. The van der Waals surface area contributed by atoms with Crippen molar-refractivity contribution in [3.05, 3.63) is 51.5 Å². The summed E-state index contributed by atoms with van der Waals surface area (Å²) in [6.07, 6.45) is 0.248. The number of halogens is 1. The molecule has 11 heteroatoms. The first-order valence-corrected chi connectivity index (χ1v) is 11.3. The summed E-state index contributed by atoms with van der Waals surface area (Å²) in [7, 11) is 0. The van der Waals surface area contributed by atoms with E-state index in [1.807, 2.05) is 20.8 Å². The molecular weight excluding hydrogens is 452 g/mol. The van der Waals surface area contributed by atoms with Gasteiger partial charge in [-0.1, -0.05) is 22.9 Å². The van der Waals surface area contributed by atoms with Crippen LogP contribution < -0.4 is 5.32 Å². The Morgan fingerprint density at radius 2 is 1.91 bits per heavy atom. The highest BCUT2D eigenvalue weighted by atomic mass is 35.5. The smallest absolute Gasteiger partial charge is 0.410 e. The number of aryl methyl sites for hydroxylation is 1. The summed E-state index contributed by atoms with van der Waals surface area (Å²) in [6.45, 7) is 8.21. The molecule has 4 rings (SSSR count). The number of hydrogen-bond acceptors (Lipinski definition) is 7. The van der Waals surface area contributed by atoms with Crippen LogP contribution in [-0.4, -0.2) is 48.8 Å². The van der Waals surface area contributed by atoms with Crippen molar-refractivity contribution in [3.63, 3.8) is 0 Å². The van der Waals surface area contributed by atoms with Crippen LogP contribution in [0, 0.1) is 6.92 Å². The van der Waals surface area contributed by atoms with Crippen molar-refractivity contribution >= 4 is 40.1 Å². The van der Waals surface area contributed by atoms with Crippen molar-refractivity contribution < 1.29 is 14.3 Å². The molecule has 168 valence electrons. The minimum Gasteiger partial charge on any atom is -0.444 e. The van der Waals surface area contributed by atoms with E-state index in [0.717, 1.165) is 16.3 Å². The molecule has 1 aromatic carbocycles. The Morgan fingerprint density at radius 3 is 2.59 bits per heavy atom. The number of nitrogens with one attached hydrogen (secondary N) is 1. The van der Waals surface area contributed by atoms with Gasteiger partial charge in [0.25, 0.3) is 5.91 Å². The Labute approximate surface area is 194 Å². The highest BCUT2D eigenvalue weighted by molar-refractivity contribution is 7.15. The van der Waals surface area contributed by atoms with Gasteiger partial charge in [-0.2, -0.15) is 0 Å². The van der Waals surface area contributed by atoms with Gasteiger partial charge < -0.3 is 9.64 Å². The van der Waals surface area contributed by atoms with Crippen molar-refractivity contribution in [2.45, 2.75) is 46.3 Å². The second kappa shape index (κ2) is 8.51. The molecule has 0 bridgehead atoms. The second-order valence-corrected chi connectivity index (χ2v) is 9.89. The topological polar surface area (TPSA) is 102 Å². The van der Waals surface area contributed by atoms with Crippen LogP contribution in [0.25, 0.3) is 5.69 Å². The van der Waals surface area contributed by atoms with Gasteiger partial charge in [-0.25, -0.2) is 19.4 Å². The highest BCUT2D eigenvalue weighted by Gasteiger charge is 2.28. The predicted molar refractivity (Wildman–Crippen MR) is 122 cm³/mol. The van der Waals surface area contributed by atoms with Crippen LogP contribution in [0.3, 0.4) is 0 Å². The number of carbonyl (C=O) groups excluding carboxylic acids is 2. The van der Waals surface area contributed by atoms with Gasteiger partial charge in [-0.3, -0.25) is 10.1 Å². The van der Waals surface area contributed by atoms with Crippen LogP contribution in [0.2, 0.25) is 5.02 Å². The Morgan fingerprint density at radius 1 is 1.19 bits per heavy atom. The van der Waals surface area contributed by atoms with E-state index in [4.69, 9.17) is 16.3 Å². The zero-order valence-electron chi connectivity index (χ0n) is 18.2. The van der Waals surface area contributed by atoms with Gasteiger partial charge >= 0.3 is 6.09 Å². The van der Waals surface area contributed by atoms with Crippen LogP contribution in [0.1, 0.15) is 47.8 Å². The summed E-state index contributed by atoms with van der Waals surface area (Å²) in [5, 5.41) is 8.15. The lowest BCUT2D eigenvalue weighted by Gasteiger charge is -2.29. The number of nitrogens with zero attached hydrogens (tertiary/aromatic N) is 5. The molecule has 0 atom stereocenters. The number of aromatic nitrogens is 4. The quantitative estimate of drug-likeness (QED) is 0.609. The van der Waals surface area contributed by atoms with Crippen LogP contribution in [-0.2, 0) is 17.7 Å². The molecule has 0 aliphatic carbocycles. The molecule has 0 saturated carbocycles. The van der Waals surface area contributed by atoms with E-state index >= 15 is 0 Å². The van der Waals surface area contributed by atoms with Gasteiger partial charge in [0.1, 0.15) is 11.4 Å². The highest BCUT2D eigenvalue weighted by Crippen LogP contribution is 2.29. The Kier molecular flexibility index (Phi) is 5.91. The fraction of sp³-hybridized carbons (Fsp3) is 0.381. The Hall–Kier alpha value is -2.98. The average molecular weight is 475 g/mol. The maximum absolute atomic E-state index is 12.7. The van der Waals surface area contributed by atoms with Crippen molar-refractivity contribution in [1.82, 2.24) is 24.6 Å². The lowest BCUT2D eigenvalue weighted by molar-refractivity contribution is 0.0225. The lowest BCUT2D eigenvalue weighted by Crippen LogP contribution is -2.39. The maximum atomic E-state index is 12.7. The van der Waals surface area contributed by atoms with Crippen molar-refractivity contribution in [2.24, 2.45) is 0 Å². The summed E-state index contributed by atoms with van der Waals surface area (Å²) in [5.41, 5.74) is 1.08. The second-order valence-electron chi connectivity index (χ2n) is 8.37. The predicted octanol–water partition coefficient (Wildman–Crippen LogP) is 4.23. The van der Waals surface area contributed by atoms with Crippen LogP contribution in [0.5, 0.6) is 0 Å². The summed E-state index contributed by atoms with van der Waals surface area (Å²) in [6, 6.07) is 7.10. The van der Waals surface area contributed by atoms with Gasteiger partial charge in [-0.15, -0.1) is 5.10 Å². The molecule has 0 saturated heterocycles. The van der Waals surface area contributed by atoms with Gasteiger partial charge in [0.05, 0.1) is 17.9 Å². The van der Waals surface area contributed by atoms with E-state index in [0.29, 0.717) is 35.5 Å². The number of hydrogen-bond donors (Lipinski definition) is 1. The zero-order valence-corrected chi connectivity index (χ0v) is 19.8. The van der Waals surface area contributed by atoms with E-state index in [-0.39, 0.29) is 11.9 Å². The van der Waals surface area contributed by atoms with Crippen LogP contribution in [0.15, 0.2) is 24.3 Å². The SMILES string of the molecule is Cc1nc(C(=O)Nc2nc3c(s2)CN(C(=O)OC(C)(C)C)CC3)nn1-c1ccc(Cl)cc1. The first-order chi connectivity index (χ1) is 15.1. The molecule has 1 aliphatic rings. The number of ether oxygens (including phenoxy) is 1. The molecule has 0 fully saturated rings. The van der Waals surface area contributed by atoms with E-state index in [1.54, 1.807) is 40.8 Å². The molecule has 3 heterocycles. The number of thiazole rings is 1. The molecule has 9 nitrogen and oxygen atoms in total. The monoisotopic (exact) mass is 474 g/mol. The van der Waals surface area contributed by atoms with E-state index in [9.17, 15) is 9.59 Å². The molecule has 0 spiro atoms. The summed E-state index contributed by atoms with van der Waals surface area (Å²) < 4.78 is 7.03. The molecule has 1 aliphatic heterocycles. The Bertz CT molecular complexity index is 1170. The third-order valence-corrected chi connectivity index (χ3v) is 5.90. The number of fused-ring (bicyclic) bond motifs is 1. The van der Waals surface area contributed by atoms with Crippen molar-refractivity contribution in [3.8, 4) is 5.69 Å². The molecule has 2 aromatic heterocycles. The molecule has 0 radical (unpaired) electrons. The first kappa shape index (κ1) is 22.2. The average Bonchev–Trinajstić information content (AvgIpc) is 3.29. The number of anilines is 1. The molecule has 0 unspecified atom stereocenters. The lowest BCUT2D eigenvalue weighted by atomic mass is 10.2. The molecule has 3 aromatic rings. The van der Waals surface area contributed by atoms with Gasteiger partial charge in [-0.05, 0) is 52.0 Å². The number of rotatable bonds is 3. The third kappa shape index (κ3) is 4.91. The van der Waals surface area contributed by atoms with Gasteiger partial charge in [0, 0.05) is 22.9 Å². The molecule has 2 amide bonds. The third-order valence-electron chi connectivity index (χ3n) is 4.65. The van der Waals surface area contributed by atoms with E-state index < -0.39 is 11.5 Å². The minimum absolute atomic E-state index is 0.0426. The fourth-order valence-corrected chi connectivity index (χ4v) is 4.34. The minimum atomic E-state index is -0.551. The van der Waals surface area contributed by atoms with E-state index in [1.165, 1.54) is 11.3 Å². The first-order valence-electron chi connectivity index (χ1n) is 10.1. The summed E-state index contributed by atoms with van der Waals surface area (Å²) in [5.74, 6) is 0.167. The number of carbonyl (C=O) groups is 2. The van der Waals surface area contributed by atoms with Crippen molar-refractivity contribution in [2.75, 3.05) is 11.9 Å². The largest absolute Gasteiger partial charge is 0.444 e. The standard InChI is InChI=1S/C21H23ClN6O3S/c1-12-23-17(26-28(12)14-7-5-13(22)6-8-14)18(29)25-19-24-15-9-10-27(11-16(15)32-19)20(30)31-21(2,3)4/h5-8H,9-11H2,1-4H3,(H,24,25,29). The van der Waals surface area contributed by atoms with Gasteiger partial charge in [0.2, 0.25) is 5.82 Å². The van der Waals surface area contributed by atoms with Crippen LogP contribution in [0.4, 0.5) is 9.93 Å². The Balaban J connectivity index is 1.45. The van der Waals surface area contributed by atoms with Crippen LogP contribution >= 0.6 is 22.9 Å². The molecular formula is C21H23ClN6O3S. The zero-order chi connectivity index (χ0) is 23.0. The molecule has 1 N–H and O–H groups in total. The van der Waals surface area contributed by atoms with Gasteiger partial charge in [0.15, 0.2) is 5.13 Å². The van der Waals surface area contributed by atoms with Crippen molar-refractivity contribution in [1.29, 1.82) is 0 Å².